The van der Waals surface area contributed by atoms with Gasteiger partial charge in [-0.1, -0.05) is 82.9 Å². The van der Waals surface area contributed by atoms with E-state index < -0.39 is 5.97 Å². The highest BCUT2D eigenvalue weighted by molar-refractivity contribution is 5.90. The van der Waals surface area contributed by atoms with Gasteiger partial charge < -0.3 is 10.4 Å². The van der Waals surface area contributed by atoms with Gasteiger partial charge in [-0.15, -0.1) is 0 Å². The molecule has 0 radical (unpaired) electrons. The second-order valence-corrected chi connectivity index (χ2v) is 7.88. The van der Waals surface area contributed by atoms with Gasteiger partial charge in [0.1, 0.15) is 0 Å². The Kier molecular flexibility index (Phi) is 9.93. The summed E-state index contributed by atoms with van der Waals surface area (Å²) in [6, 6.07) is 14.3. The topological polar surface area (TPSA) is 49.3 Å². The van der Waals surface area contributed by atoms with Gasteiger partial charge in [0.2, 0.25) is 0 Å². The molecule has 1 unspecified atom stereocenters. The number of rotatable bonds is 13. The van der Waals surface area contributed by atoms with Gasteiger partial charge in [0.25, 0.3) is 0 Å². The molecule has 2 aromatic rings. The second kappa shape index (κ2) is 12.4. The first-order valence-corrected chi connectivity index (χ1v) is 11.3. The lowest BCUT2D eigenvalue weighted by molar-refractivity contribution is 0.0694. The maximum atomic E-state index is 12.1. The van der Waals surface area contributed by atoms with E-state index in [2.05, 4.69) is 56.4 Å². The first kappa shape index (κ1) is 23.2. The van der Waals surface area contributed by atoms with Crippen molar-refractivity contribution in [1.29, 1.82) is 0 Å². The third-order valence-corrected chi connectivity index (χ3v) is 5.57. The van der Waals surface area contributed by atoms with E-state index in [1.54, 1.807) is 0 Å². The lowest BCUT2D eigenvalue weighted by Gasteiger charge is -2.26. The summed E-state index contributed by atoms with van der Waals surface area (Å²) in [5.74, 6) is -0.816. The molecule has 0 aliphatic rings. The van der Waals surface area contributed by atoms with Crippen LogP contribution in [-0.4, -0.2) is 11.1 Å². The van der Waals surface area contributed by atoms with Gasteiger partial charge in [0.05, 0.1) is 5.56 Å². The van der Waals surface area contributed by atoms with E-state index in [9.17, 15) is 9.90 Å². The molecule has 2 aromatic carbocycles. The van der Waals surface area contributed by atoms with E-state index in [0.717, 1.165) is 63.5 Å². The fourth-order valence-corrected chi connectivity index (χ4v) is 4.04. The second-order valence-electron chi connectivity index (χ2n) is 7.88. The number of unbranched alkanes of at least 4 members (excludes halogenated alkanes) is 2. The maximum Gasteiger partial charge on any atom is 0.336 e. The van der Waals surface area contributed by atoms with Gasteiger partial charge in [-0.3, -0.25) is 0 Å². The Morgan fingerprint density at radius 1 is 0.931 bits per heavy atom. The Morgan fingerprint density at radius 2 is 1.66 bits per heavy atom. The zero-order valence-corrected chi connectivity index (χ0v) is 18.3. The Labute approximate surface area is 176 Å². The molecule has 3 heteroatoms. The van der Waals surface area contributed by atoms with E-state index in [1.807, 2.05) is 12.1 Å². The molecule has 0 aliphatic heterocycles. The van der Waals surface area contributed by atoms with Crippen molar-refractivity contribution >= 4 is 5.97 Å². The zero-order valence-electron chi connectivity index (χ0n) is 18.3. The molecular formula is C26H37NO2. The van der Waals surface area contributed by atoms with Crippen LogP contribution in [0.25, 0.3) is 0 Å². The molecule has 2 rings (SSSR count). The number of aryl methyl sites for hydroxylation is 1. The van der Waals surface area contributed by atoms with E-state index in [0.29, 0.717) is 5.56 Å². The summed E-state index contributed by atoms with van der Waals surface area (Å²) in [6.45, 7) is 7.33. The SMILES string of the molecule is CCCCc1c(CCC)ccc(C(=O)O)c1C(CCCC)NCc1ccccc1. The first-order chi connectivity index (χ1) is 14.1. The molecule has 0 heterocycles. The van der Waals surface area contributed by atoms with E-state index in [1.165, 1.54) is 16.7 Å². The zero-order chi connectivity index (χ0) is 21.1. The van der Waals surface area contributed by atoms with Crippen molar-refractivity contribution in [3.05, 3.63) is 70.3 Å². The summed E-state index contributed by atoms with van der Waals surface area (Å²) in [4.78, 5) is 12.1. The highest BCUT2D eigenvalue weighted by Gasteiger charge is 2.24. The smallest absolute Gasteiger partial charge is 0.336 e. The first-order valence-electron chi connectivity index (χ1n) is 11.3. The van der Waals surface area contributed by atoms with Gasteiger partial charge >= 0.3 is 5.97 Å². The van der Waals surface area contributed by atoms with Crippen LogP contribution in [0.2, 0.25) is 0 Å². The fourth-order valence-electron chi connectivity index (χ4n) is 4.04. The van der Waals surface area contributed by atoms with Crippen molar-refractivity contribution in [3.8, 4) is 0 Å². The molecule has 0 saturated carbocycles. The summed E-state index contributed by atoms with van der Waals surface area (Å²) >= 11 is 0. The molecule has 0 aromatic heterocycles. The van der Waals surface area contributed by atoms with Crippen molar-refractivity contribution < 1.29 is 9.90 Å². The Bertz CT molecular complexity index is 755. The van der Waals surface area contributed by atoms with Crippen molar-refractivity contribution in [3.63, 3.8) is 0 Å². The summed E-state index contributed by atoms with van der Waals surface area (Å²) in [7, 11) is 0. The third kappa shape index (κ3) is 6.71. The molecule has 0 aliphatic carbocycles. The molecule has 1 atom stereocenters. The summed E-state index contributed by atoms with van der Waals surface area (Å²) < 4.78 is 0. The van der Waals surface area contributed by atoms with Gasteiger partial charge in [0, 0.05) is 12.6 Å². The van der Waals surface area contributed by atoms with E-state index in [4.69, 9.17) is 0 Å². The average molecular weight is 396 g/mol. The molecule has 0 amide bonds. The lowest BCUT2D eigenvalue weighted by atomic mass is 9.85. The van der Waals surface area contributed by atoms with Crippen molar-refractivity contribution in [2.24, 2.45) is 0 Å². The summed E-state index contributed by atoms with van der Waals surface area (Å²) in [6.07, 6.45) is 8.37. The molecule has 0 spiro atoms. The summed E-state index contributed by atoms with van der Waals surface area (Å²) in [5.41, 5.74) is 5.32. The maximum absolute atomic E-state index is 12.1. The van der Waals surface area contributed by atoms with Crippen molar-refractivity contribution in [1.82, 2.24) is 5.32 Å². The molecule has 29 heavy (non-hydrogen) atoms. The van der Waals surface area contributed by atoms with E-state index in [-0.39, 0.29) is 6.04 Å². The molecular weight excluding hydrogens is 358 g/mol. The molecule has 158 valence electrons. The molecule has 0 fully saturated rings. The quantitative estimate of drug-likeness (QED) is 0.397. The van der Waals surface area contributed by atoms with Crippen molar-refractivity contribution in [2.75, 3.05) is 0 Å². The third-order valence-electron chi connectivity index (χ3n) is 5.57. The number of carbonyl (C=O) groups is 1. The number of nitrogens with one attached hydrogen (secondary N) is 1. The molecule has 0 bridgehead atoms. The fraction of sp³-hybridized carbons (Fsp3) is 0.500. The van der Waals surface area contributed by atoms with Crippen LogP contribution in [0, 0.1) is 0 Å². The van der Waals surface area contributed by atoms with Gasteiger partial charge in [-0.25, -0.2) is 4.79 Å². The predicted octanol–water partition coefficient (Wildman–Crippen LogP) is 6.70. The summed E-state index contributed by atoms with van der Waals surface area (Å²) in [5, 5.41) is 13.7. The molecule has 2 N–H and O–H groups in total. The van der Waals surface area contributed by atoms with Crippen LogP contribution in [-0.2, 0) is 19.4 Å². The largest absolute Gasteiger partial charge is 0.478 e. The number of benzene rings is 2. The highest BCUT2D eigenvalue weighted by Crippen LogP contribution is 2.32. The minimum absolute atomic E-state index is 0.0601. The van der Waals surface area contributed by atoms with Crippen LogP contribution in [0.1, 0.15) is 97.9 Å². The molecule has 3 nitrogen and oxygen atoms in total. The monoisotopic (exact) mass is 395 g/mol. The van der Waals surface area contributed by atoms with Gasteiger partial charge in [0.15, 0.2) is 0 Å². The number of aromatic carboxylic acids is 1. The predicted molar refractivity (Wildman–Crippen MR) is 122 cm³/mol. The van der Waals surface area contributed by atoms with Crippen molar-refractivity contribution in [2.45, 2.75) is 84.7 Å². The minimum Gasteiger partial charge on any atom is -0.478 e. The van der Waals surface area contributed by atoms with Gasteiger partial charge in [-0.2, -0.15) is 0 Å². The highest BCUT2D eigenvalue weighted by atomic mass is 16.4. The van der Waals surface area contributed by atoms with Crippen LogP contribution in [0.3, 0.4) is 0 Å². The average Bonchev–Trinajstić information content (AvgIpc) is 2.73. The Morgan fingerprint density at radius 3 is 2.28 bits per heavy atom. The van der Waals surface area contributed by atoms with Crippen LogP contribution in [0.15, 0.2) is 42.5 Å². The normalized spacial score (nSPS) is 12.1. The minimum atomic E-state index is -0.816. The van der Waals surface area contributed by atoms with Gasteiger partial charge in [-0.05, 0) is 54.0 Å². The van der Waals surface area contributed by atoms with E-state index >= 15 is 0 Å². The van der Waals surface area contributed by atoms with Crippen LogP contribution < -0.4 is 5.32 Å². The van der Waals surface area contributed by atoms with Crippen LogP contribution in [0.4, 0.5) is 0 Å². The Hall–Kier alpha value is -2.13. The molecule has 0 saturated heterocycles. The lowest BCUT2D eigenvalue weighted by Crippen LogP contribution is -2.25. The number of carboxylic acid groups (broad SMARTS) is 1. The number of carboxylic acids is 1. The Balaban J connectivity index is 2.48. The van der Waals surface area contributed by atoms with Crippen LogP contribution >= 0.6 is 0 Å². The number of hydrogen-bond acceptors (Lipinski definition) is 2. The standard InChI is InChI=1S/C26H37NO2/c1-4-7-15-22-21(12-6-3)17-18-23(26(28)29)25(22)24(16-8-5-2)27-19-20-13-10-9-11-14-20/h9-11,13-14,17-18,24,27H,4-8,12,15-16,19H2,1-3H3,(H,28,29). The van der Waals surface area contributed by atoms with Crippen LogP contribution in [0.5, 0.6) is 0 Å². The number of hydrogen-bond donors (Lipinski definition) is 2.